The van der Waals surface area contributed by atoms with E-state index in [-0.39, 0.29) is 6.03 Å². The third kappa shape index (κ3) is 3.37. The number of hydrogen-bond donors (Lipinski definition) is 2. The summed E-state index contributed by atoms with van der Waals surface area (Å²) in [5.41, 5.74) is 1.21. The van der Waals surface area contributed by atoms with Crippen LogP contribution >= 0.6 is 22.7 Å². The van der Waals surface area contributed by atoms with Gasteiger partial charge in [-0.05, 0) is 42.3 Å². The van der Waals surface area contributed by atoms with Crippen molar-refractivity contribution in [1.29, 1.82) is 0 Å². The van der Waals surface area contributed by atoms with Gasteiger partial charge in [0, 0.05) is 0 Å². The molecule has 0 aliphatic carbocycles. The van der Waals surface area contributed by atoms with Crippen molar-refractivity contribution in [2.24, 2.45) is 0 Å². The zero-order valence-electron chi connectivity index (χ0n) is 11.1. The number of carbonyl (C=O) groups is 2. The Morgan fingerprint density at radius 1 is 1.30 bits per heavy atom. The summed E-state index contributed by atoms with van der Waals surface area (Å²) >= 11 is 2.73. The highest BCUT2D eigenvalue weighted by atomic mass is 32.1. The van der Waals surface area contributed by atoms with Crippen LogP contribution in [0, 0.1) is 6.92 Å². The Morgan fingerprint density at radius 2 is 2.10 bits per heavy atom. The maximum absolute atomic E-state index is 11.9. The molecule has 2 N–H and O–H groups in total. The lowest BCUT2D eigenvalue weighted by Gasteiger charge is -2.07. The van der Waals surface area contributed by atoms with E-state index in [9.17, 15) is 9.59 Å². The van der Waals surface area contributed by atoms with Crippen molar-refractivity contribution in [3.63, 3.8) is 0 Å². The molecule has 0 aromatic carbocycles. The minimum absolute atomic E-state index is 0.301. The molecule has 2 aromatic heterocycles. The SMILES string of the molecule is CCOC(=O)c1c(C)csc1NC(=O)Nc1cccs1. The molecular weight excluding hydrogens is 296 g/mol. The van der Waals surface area contributed by atoms with Crippen LogP contribution in [0.5, 0.6) is 0 Å². The maximum Gasteiger partial charge on any atom is 0.341 e. The quantitative estimate of drug-likeness (QED) is 0.841. The Labute approximate surface area is 124 Å². The molecule has 2 aromatic rings. The molecule has 7 heteroatoms. The number of carbonyl (C=O) groups excluding carboxylic acids is 2. The Morgan fingerprint density at radius 3 is 2.75 bits per heavy atom. The molecule has 0 radical (unpaired) electrons. The van der Waals surface area contributed by atoms with Crippen molar-refractivity contribution in [1.82, 2.24) is 0 Å². The van der Waals surface area contributed by atoms with E-state index in [0.717, 1.165) is 10.6 Å². The zero-order valence-corrected chi connectivity index (χ0v) is 12.7. The van der Waals surface area contributed by atoms with Gasteiger partial charge in [-0.1, -0.05) is 0 Å². The third-order valence-corrected chi connectivity index (χ3v) is 4.24. The van der Waals surface area contributed by atoms with Crippen LogP contribution in [-0.4, -0.2) is 18.6 Å². The molecule has 0 saturated heterocycles. The van der Waals surface area contributed by atoms with E-state index in [1.807, 2.05) is 23.8 Å². The molecule has 20 heavy (non-hydrogen) atoms. The molecule has 0 spiro atoms. The van der Waals surface area contributed by atoms with E-state index in [1.54, 1.807) is 13.0 Å². The van der Waals surface area contributed by atoms with Crippen LogP contribution in [0.2, 0.25) is 0 Å². The maximum atomic E-state index is 11.9. The molecule has 0 saturated carbocycles. The van der Waals surface area contributed by atoms with Crippen molar-refractivity contribution in [2.75, 3.05) is 17.2 Å². The molecule has 106 valence electrons. The second-order valence-corrected chi connectivity index (χ2v) is 5.73. The van der Waals surface area contributed by atoms with E-state index in [4.69, 9.17) is 4.74 Å². The first kappa shape index (κ1) is 14.5. The topological polar surface area (TPSA) is 67.4 Å². The summed E-state index contributed by atoms with van der Waals surface area (Å²) in [6, 6.07) is 3.27. The summed E-state index contributed by atoms with van der Waals surface area (Å²) in [5, 5.41) is 10.3. The molecule has 5 nitrogen and oxygen atoms in total. The Bertz CT molecular complexity index is 605. The number of thiophene rings is 2. The number of amides is 2. The number of nitrogens with one attached hydrogen (secondary N) is 2. The second kappa shape index (κ2) is 6.53. The van der Waals surface area contributed by atoms with E-state index in [0.29, 0.717) is 17.2 Å². The van der Waals surface area contributed by atoms with Gasteiger partial charge in [0.05, 0.1) is 17.2 Å². The molecule has 2 heterocycles. The largest absolute Gasteiger partial charge is 0.462 e. The number of aryl methyl sites for hydroxylation is 1. The highest BCUT2D eigenvalue weighted by molar-refractivity contribution is 7.15. The van der Waals surface area contributed by atoms with Gasteiger partial charge in [0.1, 0.15) is 5.00 Å². The second-order valence-electron chi connectivity index (χ2n) is 3.90. The molecule has 0 aliphatic rings. The van der Waals surface area contributed by atoms with Crippen molar-refractivity contribution in [2.45, 2.75) is 13.8 Å². The molecular formula is C13H14N2O3S2. The van der Waals surface area contributed by atoms with Gasteiger partial charge in [-0.3, -0.25) is 10.6 Å². The monoisotopic (exact) mass is 310 g/mol. The number of anilines is 2. The van der Waals surface area contributed by atoms with Crippen molar-refractivity contribution < 1.29 is 14.3 Å². The first-order chi connectivity index (χ1) is 9.61. The summed E-state index contributed by atoms with van der Waals surface area (Å²) in [7, 11) is 0. The molecule has 0 unspecified atom stereocenters. The van der Waals surface area contributed by atoms with Crippen LogP contribution < -0.4 is 10.6 Å². The molecule has 0 bridgehead atoms. The van der Waals surface area contributed by atoms with Crippen molar-refractivity contribution in [3.8, 4) is 0 Å². The summed E-state index contributed by atoms with van der Waals surface area (Å²) in [6.45, 7) is 3.86. The lowest BCUT2D eigenvalue weighted by molar-refractivity contribution is 0.0527. The Hall–Kier alpha value is -1.86. The van der Waals surface area contributed by atoms with Crippen LogP contribution in [-0.2, 0) is 4.74 Å². The summed E-state index contributed by atoms with van der Waals surface area (Å²) in [5.74, 6) is -0.419. The predicted octanol–water partition coefficient (Wildman–Crippen LogP) is 3.94. The number of rotatable bonds is 4. The van der Waals surface area contributed by atoms with Gasteiger partial charge in [-0.25, -0.2) is 9.59 Å². The molecule has 0 fully saturated rings. The van der Waals surface area contributed by atoms with Gasteiger partial charge in [-0.15, -0.1) is 22.7 Å². The molecule has 0 aliphatic heterocycles. The van der Waals surface area contributed by atoms with Crippen LogP contribution in [0.25, 0.3) is 0 Å². The van der Waals surface area contributed by atoms with Crippen LogP contribution in [0.1, 0.15) is 22.8 Å². The minimum atomic E-state index is -0.419. The van der Waals surface area contributed by atoms with Gasteiger partial charge in [-0.2, -0.15) is 0 Å². The zero-order chi connectivity index (χ0) is 14.5. The molecule has 2 amide bonds. The van der Waals surface area contributed by atoms with Crippen LogP contribution in [0.3, 0.4) is 0 Å². The fraction of sp³-hybridized carbons (Fsp3) is 0.231. The summed E-state index contributed by atoms with van der Waals surface area (Å²) in [4.78, 5) is 23.7. The lowest BCUT2D eigenvalue weighted by Crippen LogP contribution is -2.20. The molecule has 0 atom stereocenters. The van der Waals surface area contributed by atoms with Crippen LogP contribution in [0.15, 0.2) is 22.9 Å². The number of hydrogen-bond acceptors (Lipinski definition) is 5. The third-order valence-electron chi connectivity index (χ3n) is 2.44. The Balaban J connectivity index is 2.09. The summed E-state index contributed by atoms with van der Waals surface area (Å²) in [6.07, 6.45) is 0. The van der Waals surface area contributed by atoms with Gasteiger partial charge < -0.3 is 4.74 Å². The standard InChI is InChI=1S/C13H14N2O3S2/c1-3-18-12(16)10-8(2)7-20-11(10)15-13(17)14-9-5-4-6-19-9/h4-7H,3H2,1-2H3,(H2,14,15,17). The van der Waals surface area contributed by atoms with Crippen LogP contribution in [0.4, 0.5) is 14.8 Å². The minimum Gasteiger partial charge on any atom is -0.462 e. The predicted molar refractivity (Wildman–Crippen MR) is 82.0 cm³/mol. The van der Waals surface area contributed by atoms with E-state index in [2.05, 4.69) is 10.6 Å². The van der Waals surface area contributed by atoms with Crippen molar-refractivity contribution >= 4 is 44.7 Å². The normalized spacial score (nSPS) is 10.1. The first-order valence-electron chi connectivity index (χ1n) is 5.98. The average Bonchev–Trinajstić information content (AvgIpc) is 3.00. The van der Waals surface area contributed by atoms with E-state index >= 15 is 0 Å². The average molecular weight is 310 g/mol. The first-order valence-corrected chi connectivity index (χ1v) is 7.74. The van der Waals surface area contributed by atoms with Crippen molar-refractivity contribution in [3.05, 3.63) is 34.0 Å². The Kier molecular flexibility index (Phi) is 4.75. The summed E-state index contributed by atoms with van der Waals surface area (Å²) < 4.78 is 4.99. The molecule has 2 rings (SSSR count). The fourth-order valence-corrected chi connectivity index (χ4v) is 3.13. The lowest BCUT2D eigenvalue weighted by atomic mass is 10.2. The number of urea groups is 1. The number of ether oxygens (including phenoxy) is 1. The van der Waals surface area contributed by atoms with E-state index in [1.165, 1.54) is 22.7 Å². The highest BCUT2D eigenvalue weighted by Gasteiger charge is 2.19. The highest BCUT2D eigenvalue weighted by Crippen LogP contribution is 2.28. The van der Waals surface area contributed by atoms with E-state index < -0.39 is 5.97 Å². The van der Waals surface area contributed by atoms with Gasteiger partial charge in [0.15, 0.2) is 0 Å². The number of esters is 1. The van der Waals surface area contributed by atoms with Gasteiger partial charge in [0.2, 0.25) is 0 Å². The smallest absolute Gasteiger partial charge is 0.341 e. The van der Waals surface area contributed by atoms with Gasteiger partial charge >= 0.3 is 12.0 Å². The van der Waals surface area contributed by atoms with Gasteiger partial charge in [0.25, 0.3) is 0 Å². The fourth-order valence-electron chi connectivity index (χ4n) is 1.59.